The monoisotopic (exact) mass is 433 g/mol. The number of amides is 1. The molecule has 0 spiro atoms. The van der Waals surface area contributed by atoms with E-state index in [1.807, 2.05) is 49.4 Å². The predicted octanol–water partition coefficient (Wildman–Crippen LogP) is 4.90. The second-order valence-electron chi connectivity index (χ2n) is 6.87. The molecule has 0 atom stereocenters. The van der Waals surface area contributed by atoms with E-state index in [1.54, 1.807) is 29.4 Å². The van der Waals surface area contributed by atoms with Crippen molar-refractivity contribution in [2.75, 3.05) is 6.54 Å². The third-order valence-corrected chi connectivity index (χ3v) is 4.94. The molecule has 2 aromatic heterocycles. The van der Waals surface area contributed by atoms with Gasteiger partial charge in [0.25, 0.3) is 5.91 Å². The molecule has 0 N–H and O–H groups in total. The van der Waals surface area contributed by atoms with Crippen LogP contribution in [-0.4, -0.2) is 37.5 Å². The van der Waals surface area contributed by atoms with E-state index in [1.165, 1.54) is 0 Å². The quantitative estimate of drug-likeness (QED) is 0.412. The van der Waals surface area contributed by atoms with Crippen LogP contribution in [0.1, 0.15) is 29.6 Å². The first-order valence-corrected chi connectivity index (χ1v) is 10.3. The average molecular weight is 434 g/mol. The van der Waals surface area contributed by atoms with Gasteiger partial charge in [0, 0.05) is 24.5 Å². The van der Waals surface area contributed by atoms with E-state index < -0.39 is 0 Å². The van der Waals surface area contributed by atoms with Crippen LogP contribution in [0, 0.1) is 0 Å². The third kappa shape index (κ3) is 4.78. The van der Waals surface area contributed by atoms with Gasteiger partial charge in [0.1, 0.15) is 0 Å². The number of carbonyl (C=O) groups is 1. The molecule has 0 aliphatic carbocycles. The van der Waals surface area contributed by atoms with Crippen LogP contribution in [0.5, 0.6) is 0 Å². The third-order valence-electron chi connectivity index (χ3n) is 4.61. The Balaban J connectivity index is 1.51. The number of hydrogen-bond acceptors (Lipinski definition) is 6. The molecule has 0 aliphatic rings. The Labute approximate surface area is 184 Å². The van der Waals surface area contributed by atoms with Crippen molar-refractivity contribution in [1.29, 1.82) is 0 Å². The van der Waals surface area contributed by atoms with Gasteiger partial charge >= 0.3 is 0 Å². The van der Waals surface area contributed by atoms with Crippen LogP contribution in [0.15, 0.2) is 71.4 Å². The van der Waals surface area contributed by atoms with Crippen LogP contribution >= 0.6 is 11.6 Å². The van der Waals surface area contributed by atoms with Crippen molar-refractivity contribution >= 4 is 17.5 Å². The second kappa shape index (κ2) is 9.49. The Morgan fingerprint density at radius 3 is 2.42 bits per heavy atom. The van der Waals surface area contributed by atoms with E-state index in [2.05, 4.69) is 20.2 Å². The molecule has 2 aromatic carbocycles. The lowest BCUT2D eigenvalue weighted by atomic mass is 10.2. The Bertz CT molecular complexity index is 1160. The molecule has 0 fully saturated rings. The van der Waals surface area contributed by atoms with E-state index in [-0.39, 0.29) is 12.5 Å². The molecule has 4 rings (SSSR count). The molecule has 7 nitrogen and oxygen atoms in total. The van der Waals surface area contributed by atoms with Gasteiger partial charge in [-0.1, -0.05) is 61.0 Å². The minimum Gasteiger partial charge on any atom is -0.419 e. The van der Waals surface area contributed by atoms with Crippen molar-refractivity contribution in [2.45, 2.75) is 19.9 Å². The molecule has 4 aromatic rings. The van der Waals surface area contributed by atoms with Crippen LogP contribution in [0.2, 0.25) is 5.02 Å². The molecule has 156 valence electrons. The van der Waals surface area contributed by atoms with Gasteiger partial charge in [-0.15, -0.1) is 10.2 Å². The van der Waals surface area contributed by atoms with E-state index in [0.29, 0.717) is 40.3 Å². The lowest BCUT2D eigenvalue weighted by molar-refractivity contribution is 0.0728. The maximum absolute atomic E-state index is 13.1. The van der Waals surface area contributed by atoms with Crippen LogP contribution in [0.4, 0.5) is 0 Å². The first kappa shape index (κ1) is 20.7. The standard InChI is InChI=1S/C23H20ClN5O2/c1-2-12-29(15-20-27-28-22(31-20)18-10-6-7-11-19(18)24)23(30)17-13-25-21(26-14-17)16-8-4-3-5-9-16/h3-11,13-14H,2,12,15H2,1H3. The Kier molecular flexibility index (Phi) is 6.33. The lowest BCUT2D eigenvalue weighted by Crippen LogP contribution is -2.31. The zero-order chi connectivity index (χ0) is 21.6. The van der Waals surface area contributed by atoms with E-state index >= 15 is 0 Å². The molecule has 0 saturated heterocycles. The maximum atomic E-state index is 13.1. The van der Waals surface area contributed by atoms with Crippen LogP contribution in [0.3, 0.4) is 0 Å². The van der Waals surface area contributed by atoms with Crippen molar-refractivity contribution in [3.63, 3.8) is 0 Å². The highest BCUT2D eigenvalue weighted by Gasteiger charge is 2.20. The van der Waals surface area contributed by atoms with Gasteiger partial charge in [-0.05, 0) is 18.6 Å². The summed E-state index contributed by atoms with van der Waals surface area (Å²) in [5, 5.41) is 8.68. The normalized spacial score (nSPS) is 10.8. The number of benzene rings is 2. The minimum absolute atomic E-state index is 0.185. The lowest BCUT2D eigenvalue weighted by Gasteiger charge is -2.20. The zero-order valence-electron chi connectivity index (χ0n) is 16.9. The van der Waals surface area contributed by atoms with Gasteiger partial charge < -0.3 is 9.32 Å². The van der Waals surface area contributed by atoms with Gasteiger partial charge in [0.2, 0.25) is 11.8 Å². The number of nitrogens with zero attached hydrogens (tertiary/aromatic N) is 5. The number of rotatable bonds is 7. The van der Waals surface area contributed by atoms with Crippen molar-refractivity contribution in [2.24, 2.45) is 0 Å². The molecule has 0 saturated carbocycles. The molecule has 31 heavy (non-hydrogen) atoms. The van der Waals surface area contributed by atoms with Gasteiger partial charge in [-0.2, -0.15) is 0 Å². The SMILES string of the molecule is CCCN(Cc1nnc(-c2ccccc2Cl)o1)C(=O)c1cnc(-c2ccccc2)nc1. The van der Waals surface area contributed by atoms with Gasteiger partial charge in [0.15, 0.2) is 5.82 Å². The topological polar surface area (TPSA) is 85.0 Å². The molecular formula is C23H20ClN5O2. The van der Waals surface area contributed by atoms with Gasteiger partial charge in [-0.3, -0.25) is 4.79 Å². The van der Waals surface area contributed by atoms with E-state index in [0.717, 1.165) is 12.0 Å². The van der Waals surface area contributed by atoms with E-state index in [4.69, 9.17) is 16.0 Å². The summed E-state index contributed by atoms with van der Waals surface area (Å²) in [5.41, 5.74) is 1.95. The maximum Gasteiger partial charge on any atom is 0.257 e. The van der Waals surface area contributed by atoms with Crippen molar-refractivity contribution in [3.8, 4) is 22.8 Å². The summed E-state index contributed by atoms with van der Waals surface area (Å²) in [6.07, 6.45) is 3.87. The second-order valence-corrected chi connectivity index (χ2v) is 7.28. The molecule has 1 amide bonds. The minimum atomic E-state index is -0.195. The van der Waals surface area contributed by atoms with Crippen molar-refractivity contribution in [1.82, 2.24) is 25.1 Å². The summed E-state index contributed by atoms with van der Waals surface area (Å²) < 4.78 is 5.76. The Morgan fingerprint density at radius 2 is 1.71 bits per heavy atom. The molecule has 0 unspecified atom stereocenters. The largest absolute Gasteiger partial charge is 0.419 e. The summed E-state index contributed by atoms with van der Waals surface area (Å²) in [4.78, 5) is 23.4. The number of hydrogen-bond donors (Lipinski definition) is 0. The number of aromatic nitrogens is 4. The highest BCUT2D eigenvalue weighted by molar-refractivity contribution is 6.33. The zero-order valence-corrected chi connectivity index (χ0v) is 17.7. The van der Waals surface area contributed by atoms with Crippen LogP contribution < -0.4 is 0 Å². The molecule has 0 bridgehead atoms. The fourth-order valence-corrected chi connectivity index (χ4v) is 3.32. The van der Waals surface area contributed by atoms with Crippen molar-refractivity contribution < 1.29 is 9.21 Å². The highest BCUT2D eigenvalue weighted by Crippen LogP contribution is 2.26. The molecule has 0 aliphatic heterocycles. The van der Waals surface area contributed by atoms with Crippen molar-refractivity contribution in [3.05, 3.63) is 83.5 Å². The van der Waals surface area contributed by atoms with Crippen LogP contribution in [0.25, 0.3) is 22.8 Å². The fourth-order valence-electron chi connectivity index (χ4n) is 3.10. The fraction of sp³-hybridized carbons (Fsp3) is 0.174. The molecular weight excluding hydrogens is 414 g/mol. The number of halogens is 1. The molecule has 8 heteroatoms. The highest BCUT2D eigenvalue weighted by atomic mass is 35.5. The predicted molar refractivity (Wildman–Crippen MR) is 117 cm³/mol. The smallest absolute Gasteiger partial charge is 0.257 e. The first-order chi connectivity index (χ1) is 15.2. The molecule has 0 radical (unpaired) electrons. The number of carbonyl (C=O) groups excluding carboxylic acids is 1. The van der Waals surface area contributed by atoms with Crippen LogP contribution in [-0.2, 0) is 6.54 Å². The Morgan fingerprint density at radius 1 is 1.00 bits per heavy atom. The van der Waals surface area contributed by atoms with Gasteiger partial charge in [-0.25, -0.2) is 9.97 Å². The summed E-state index contributed by atoms with van der Waals surface area (Å²) in [7, 11) is 0. The average Bonchev–Trinajstić information content (AvgIpc) is 3.27. The van der Waals surface area contributed by atoms with E-state index in [9.17, 15) is 4.79 Å². The first-order valence-electron chi connectivity index (χ1n) is 9.89. The summed E-state index contributed by atoms with van der Waals surface area (Å²) >= 11 is 6.20. The summed E-state index contributed by atoms with van der Waals surface area (Å²) in [5.74, 6) is 1.03. The summed E-state index contributed by atoms with van der Waals surface area (Å²) in [6.45, 7) is 2.71. The molecule has 2 heterocycles. The summed E-state index contributed by atoms with van der Waals surface area (Å²) in [6, 6.07) is 16.8. The Hall–Kier alpha value is -3.58. The van der Waals surface area contributed by atoms with Gasteiger partial charge in [0.05, 0.1) is 22.7 Å².